The zero-order chi connectivity index (χ0) is 8.85. The molecule has 11 heavy (non-hydrogen) atoms. The van der Waals surface area contributed by atoms with E-state index < -0.39 is 0 Å². The van der Waals surface area contributed by atoms with E-state index >= 15 is 0 Å². The highest BCUT2D eigenvalue weighted by molar-refractivity contribution is 5.93. The number of hydrogen-bond acceptors (Lipinski definition) is 4. The van der Waals surface area contributed by atoms with Crippen molar-refractivity contribution >= 4 is 11.7 Å². The van der Waals surface area contributed by atoms with E-state index in [1.165, 1.54) is 6.92 Å². The quantitative estimate of drug-likeness (QED) is 0.287. The average molecular weight is 157 g/mol. The minimum absolute atomic E-state index is 0.000185. The minimum atomic E-state index is -0.132. The number of carbonyl (C=O) groups excluding carboxylic acids is 1. The lowest BCUT2D eigenvalue weighted by molar-refractivity contribution is -0.119. The second kappa shape index (κ2) is 4.49. The van der Waals surface area contributed by atoms with Gasteiger partial charge in [-0.2, -0.15) is 0 Å². The molecule has 62 valence electrons. The Morgan fingerprint density at radius 1 is 1.64 bits per heavy atom. The van der Waals surface area contributed by atoms with Crippen molar-refractivity contribution in [1.29, 1.82) is 0 Å². The van der Waals surface area contributed by atoms with Crippen molar-refractivity contribution in [3.8, 4) is 0 Å². The first kappa shape index (κ1) is 9.68. The van der Waals surface area contributed by atoms with Crippen molar-refractivity contribution in [2.45, 2.75) is 13.8 Å². The van der Waals surface area contributed by atoms with E-state index in [1.54, 1.807) is 6.92 Å². The molecule has 0 unspecified atom stereocenters. The van der Waals surface area contributed by atoms with Crippen LogP contribution in [0.25, 0.3) is 0 Å². The van der Waals surface area contributed by atoms with Crippen LogP contribution in [-0.2, 0) is 9.53 Å². The third kappa shape index (κ3) is 4.13. The van der Waals surface area contributed by atoms with Crippen molar-refractivity contribution in [2.75, 3.05) is 6.61 Å². The molecule has 0 heterocycles. The molecule has 0 aromatic carbocycles. The first-order chi connectivity index (χ1) is 5.07. The predicted octanol–water partition coefficient (Wildman–Crippen LogP) is 0.956. The summed E-state index contributed by atoms with van der Waals surface area (Å²) in [6, 6.07) is 0. The van der Waals surface area contributed by atoms with Gasteiger partial charge in [0.15, 0.2) is 5.78 Å². The first-order valence-electron chi connectivity index (χ1n) is 3.08. The molecule has 0 aromatic rings. The van der Waals surface area contributed by atoms with Gasteiger partial charge in [-0.3, -0.25) is 4.79 Å². The number of ketones is 1. The summed E-state index contributed by atoms with van der Waals surface area (Å²) in [5.41, 5.74) is 0.480. The highest BCUT2D eigenvalue weighted by atomic mass is 16.5. The van der Waals surface area contributed by atoms with E-state index in [9.17, 15) is 4.79 Å². The minimum Gasteiger partial charge on any atom is -0.467 e. The van der Waals surface area contributed by atoms with Crippen LogP contribution >= 0.6 is 0 Å². The number of hydrogen-bond donors (Lipinski definition) is 1. The smallest absolute Gasteiger partial charge is 0.252 e. The van der Waals surface area contributed by atoms with Crippen LogP contribution in [0.1, 0.15) is 13.8 Å². The Hall–Kier alpha value is -1.32. The summed E-state index contributed by atoms with van der Waals surface area (Å²) in [4.78, 5) is 10.4. The maximum Gasteiger partial charge on any atom is 0.252 e. The average Bonchev–Trinajstić information content (AvgIpc) is 1.87. The SMILES string of the molecule is C=C(C)C(=NO)OCC(C)=O. The number of rotatable bonds is 3. The van der Waals surface area contributed by atoms with Gasteiger partial charge in [0.05, 0.1) is 0 Å². The molecule has 0 saturated carbocycles. The van der Waals surface area contributed by atoms with Crippen LogP contribution in [-0.4, -0.2) is 23.5 Å². The van der Waals surface area contributed by atoms with E-state index in [1.807, 2.05) is 0 Å². The molecule has 0 aromatic heterocycles. The summed E-state index contributed by atoms with van der Waals surface area (Å²) in [5, 5.41) is 11.1. The molecule has 4 nitrogen and oxygen atoms in total. The van der Waals surface area contributed by atoms with Gasteiger partial charge in [0.2, 0.25) is 0 Å². The largest absolute Gasteiger partial charge is 0.467 e. The van der Waals surface area contributed by atoms with Gasteiger partial charge in [0, 0.05) is 5.57 Å². The number of nitrogens with zero attached hydrogens (tertiary/aromatic N) is 1. The van der Waals surface area contributed by atoms with Crippen LogP contribution in [0.15, 0.2) is 17.3 Å². The fourth-order valence-electron chi connectivity index (χ4n) is 0.407. The molecule has 0 aliphatic carbocycles. The van der Waals surface area contributed by atoms with E-state index in [0.717, 1.165) is 0 Å². The van der Waals surface area contributed by atoms with Crippen molar-refractivity contribution < 1.29 is 14.7 Å². The molecule has 0 saturated heterocycles. The Balaban J connectivity index is 3.92. The lowest BCUT2D eigenvalue weighted by Gasteiger charge is -2.03. The summed E-state index contributed by atoms with van der Waals surface area (Å²) in [6.45, 7) is 6.39. The third-order valence-electron chi connectivity index (χ3n) is 0.868. The predicted molar refractivity (Wildman–Crippen MR) is 40.7 cm³/mol. The highest BCUT2D eigenvalue weighted by Crippen LogP contribution is 1.94. The van der Waals surface area contributed by atoms with Crippen LogP contribution in [0.3, 0.4) is 0 Å². The lowest BCUT2D eigenvalue weighted by atomic mass is 10.3. The normalized spacial score (nSPS) is 10.9. The van der Waals surface area contributed by atoms with E-state index in [4.69, 9.17) is 9.94 Å². The third-order valence-corrected chi connectivity index (χ3v) is 0.868. The Labute approximate surface area is 65.2 Å². The number of ether oxygens (including phenoxy) is 1. The molecule has 0 amide bonds. The molecule has 0 rings (SSSR count). The van der Waals surface area contributed by atoms with Crippen LogP contribution in [0.4, 0.5) is 0 Å². The van der Waals surface area contributed by atoms with Gasteiger partial charge in [-0.1, -0.05) is 6.58 Å². The number of Topliss-reactive ketones (excluding diaryl/α,β-unsaturated/α-hetero) is 1. The van der Waals surface area contributed by atoms with Crippen LogP contribution < -0.4 is 0 Å². The molecule has 1 N–H and O–H groups in total. The molecule has 0 fully saturated rings. The van der Waals surface area contributed by atoms with E-state index in [-0.39, 0.29) is 18.3 Å². The van der Waals surface area contributed by atoms with Gasteiger partial charge < -0.3 is 9.94 Å². The Morgan fingerprint density at radius 3 is 2.45 bits per heavy atom. The molecular weight excluding hydrogens is 146 g/mol. The molecule has 0 radical (unpaired) electrons. The van der Waals surface area contributed by atoms with Gasteiger partial charge in [-0.15, -0.1) is 0 Å². The Bertz CT molecular complexity index is 196. The van der Waals surface area contributed by atoms with Crippen molar-refractivity contribution in [1.82, 2.24) is 0 Å². The number of oxime groups is 1. The fraction of sp³-hybridized carbons (Fsp3) is 0.429. The maximum absolute atomic E-state index is 10.4. The van der Waals surface area contributed by atoms with Gasteiger partial charge in [0.1, 0.15) is 6.61 Å². The van der Waals surface area contributed by atoms with E-state index in [2.05, 4.69) is 11.7 Å². The molecule has 0 aliphatic heterocycles. The summed E-state index contributed by atoms with van der Waals surface area (Å²) < 4.78 is 4.77. The van der Waals surface area contributed by atoms with Crippen molar-refractivity contribution in [2.24, 2.45) is 5.16 Å². The lowest BCUT2D eigenvalue weighted by Crippen LogP contribution is -2.11. The zero-order valence-corrected chi connectivity index (χ0v) is 6.63. The summed E-state index contributed by atoms with van der Waals surface area (Å²) in [5.74, 6) is -0.132. The molecule has 0 aliphatic rings. The zero-order valence-electron chi connectivity index (χ0n) is 6.63. The summed E-state index contributed by atoms with van der Waals surface area (Å²) in [6.07, 6.45) is 0. The van der Waals surface area contributed by atoms with Crippen LogP contribution in [0.2, 0.25) is 0 Å². The van der Waals surface area contributed by atoms with Crippen molar-refractivity contribution in [3.05, 3.63) is 12.2 Å². The molecule has 0 spiro atoms. The van der Waals surface area contributed by atoms with Gasteiger partial charge in [0.25, 0.3) is 5.90 Å². The standard InChI is InChI=1S/C7H11NO3/c1-5(2)7(8-10)11-4-6(3)9/h10H,1,4H2,2-3H3. The summed E-state index contributed by atoms with van der Waals surface area (Å²) >= 11 is 0. The fourth-order valence-corrected chi connectivity index (χ4v) is 0.407. The van der Waals surface area contributed by atoms with Gasteiger partial charge >= 0.3 is 0 Å². The van der Waals surface area contributed by atoms with Crippen LogP contribution in [0.5, 0.6) is 0 Å². The van der Waals surface area contributed by atoms with Gasteiger partial charge in [-0.05, 0) is 19.0 Å². The van der Waals surface area contributed by atoms with E-state index in [0.29, 0.717) is 5.57 Å². The molecule has 0 bridgehead atoms. The maximum atomic E-state index is 10.4. The Kier molecular flexibility index (Phi) is 3.95. The molecule has 0 atom stereocenters. The van der Waals surface area contributed by atoms with Crippen molar-refractivity contribution in [3.63, 3.8) is 0 Å². The number of carbonyl (C=O) groups is 1. The van der Waals surface area contributed by atoms with Crippen LogP contribution in [0, 0.1) is 0 Å². The second-order valence-electron chi connectivity index (χ2n) is 2.18. The second-order valence-corrected chi connectivity index (χ2v) is 2.18. The monoisotopic (exact) mass is 157 g/mol. The Morgan fingerprint density at radius 2 is 2.18 bits per heavy atom. The molecular formula is C7H11NO3. The highest BCUT2D eigenvalue weighted by Gasteiger charge is 2.02. The topological polar surface area (TPSA) is 58.9 Å². The van der Waals surface area contributed by atoms with Gasteiger partial charge in [-0.25, -0.2) is 0 Å². The molecule has 4 heteroatoms. The first-order valence-corrected chi connectivity index (χ1v) is 3.08. The summed E-state index contributed by atoms with van der Waals surface area (Å²) in [7, 11) is 0.